The Hall–Kier alpha value is -6.52. The standard InChI is InChI=1S/C68H66F2N2/c1-65(2,3)43-21-25-49(26-22-43)71(51-15-11-13-47(69)37-51)53-29-30-54-57-31-32-58-62-56-18-10-9-17-55(56)61(72(52-16-12-14-48(70)38-52)50-27-23-44(24-28-50)66(4,5)6)40-60(62)68(64(58)63(57)67(7,8)59(54)39-53)45-20-19-41-33-42(35-45)36-46(68)34-41/h9-18,21-32,37-42,45-46H,19-20,33-36H2,1-8H3. The number of hydrogen-bond acceptors (Lipinski definition) is 2. The highest BCUT2D eigenvalue weighted by molar-refractivity contribution is 6.11. The number of anilines is 6. The summed E-state index contributed by atoms with van der Waals surface area (Å²) in [6, 6.07) is 55.6. The molecule has 0 aliphatic heterocycles. The molecule has 72 heavy (non-hydrogen) atoms. The van der Waals surface area contributed by atoms with E-state index in [0.717, 1.165) is 46.0 Å². The predicted octanol–water partition coefficient (Wildman–Crippen LogP) is 19.1. The summed E-state index contributed by atoms with van der Waals surface area (Å²) in [6.07, 6.45) is 7.68. The Morgan fingerprint density at radius 1 is 0.444 bits per heavy atom. The van der Waals surface area contributed by atoms with Crippen molar-refractivity contribution < 1.29 is 8.78 Å². The van der Waals surface area contributed by atoms with Gasteiger partial charge in [0.25, 0.3) is 0 Å². The zero-order chi connectivity index (χ0) is 49.6. The second kappa shape index (κ2) is 16.0. The quantitative estimate of drug-likeness (QED) is 0.164. The van der Waals surface area contributed by atoms with Gasteiger partial charge >= 0.3 is 0 Å². The Morgan fingerprint density at radius 3 is 1.62 bits per heavy atom. The molecule has 362 valence electrons. The number of hydrogen-bond donors (Lipinski definition) is 0. The molecule has 6 aliphatic carbocycles. The average Bonchev–Trinajstić information content (AvgIpc) is 3.65. The Balaban J connectivity index is 1.04. The maximum absolute atomic E-state index is 15.6. The van der Waals surface area contributed by atoms with Crippen molar-refractivity contribution in [1.82, 2.24) is 0 Å². The minimum atomic E-state index is -0.352. The average molecular weight is 949 g/mol. The van der Waals surface area contributed by atoms with Gasteiger partial charge in [-0.1, -0.05) is 141 Å². The van der Waals surface area contributed by atoms with Gasteiger partial charge in [-0.2, -0.15) is 0 Å². The molecule has 0 aromatic heterocycles. The van der Waals surface area contributed by atoms with E-state index < -0.39 is 0 Å². The van der Waals surface area contributed by atoms with Crippen molar-refractivity contribution in [3.8, 4) is 22.3 Å². The van der Waals surface area contributed by atoms with Gasteiger partial charge in [-0.25, -0.2) is 8.78 Å². The van der Waals surface area contributed by atoms with Crippen LogP contribution in [0.3, 0.4) is 0 Å². The van der Waals surface area contributed by atoms with Gasteiger partial charge in [0.2, 0.25) is 0 Å². The lowest BCUT2D eigenvalue weighted by Crippen LogP contribution is -2.49. The highest BCUT2D eigenvalue weighted by Gasteiger charge is 2.62. The van der Waals surface area contributed by atoms with Crippen LogP contribution >= 0.6 is 0 Å². The van der Waals surface area contributed by atoms with Crippen molar-refractivity contribution in [2.24, 2.45) is 23.7 Å². The van der Waals surface area contributed by atoms with Crippen molar-refractivity contribution in [2.45, 2.75) is 116 Å². The third-order valence-electron chi connectivity index (χ3n) is 18.3. The van der Waals surface area contributed by atoms with Crippen LogP contribution in [-0.4, -0.2) is 0 Å². The summed E-state index contributed by atoms with van der Waals surface area (Å²) in [7, 11) is 0. The van der Waals surface area contributed by atoms with Gasteiger partial charge in [-0.15, -0.1) is 0 Å². The SMILES string of the molecule is CC(C)(C)c1ccc(N(c2cccc(F)c2)c2ccc3c(c2)C(C)(C)c2c-3ccc3c2C2(c4cc(N(c5ccc(C(C)(C)C)cc5)c5cccc(F)c5)c5ccccc5c4-3)C3CCC4CC(C3)CC2C4)cc1. The van der Waals surface area contributed by atoms with E-state index in [1.165, 1.54) is 105 Å². The van der Waals surface area contributed by atoms with Crippen LogP contribution in [0.15, 0.2) is 158 Å². The molecule has 0 saturated heterocycles. The second-order valence-corrected chi connectivity index (χ2v) is 24.9. The lowest BCUT2D eigenvalue weighted by molar-refractivity contribution is 0.0610. The molecule has 5 unspecified atom stereocenters. The molecular weight excluding hydrogens is 883 g/mol. The van der Waals surface area contributed by atoms with Crippen molar-refractivity contribution in [3.05, 3.63) is 203 Å². The molecule has 14 rings (SSSR count). The molecule has 6 aliphatic rings. The number of halogens is 2. The molecule has 2 nitrogen and oxygen atoms in total. The van der Waals surface area contributed by atoms with Gasteiger partial charge in [-0.05, 0) is 206 Å². The van der Waals surface area contributed by atoms with Crippen LogP contribution in [0, 0.1) is 35.3 Å². The topological polar surface area (TPSA) is 6.48 Å². The molecule has 4 bridgehead atoms. The van der Waals surface area contributed by atoms with Gasteiger partial charge in [0.15, 0.2) is 0 Å². The highest BCUT2D eigenvalue weighted by atomic mass is 19.1. The maximum Gasteiger partial charge on any atom is 0.125 e. The minimum Gasteiger partial charge on any atom is -0.310 e. The van der Waals surface area contributed by atoms with Crippen molar-refractivity contribution in [2.75, 3.05) is 9.80 Å². The van der Waals surface area contributed by atoms with Crippen molar-refractivity contribution >= 4 is 44.9 Å². The fraction of sp³-hybridized carbons (Fsp3) is 0.324. The third-order valence-corrected chi connectivity index (χ3v) is 18.3. The molecule has 0 amide bonds. The Morgan fingerprint density at radius 2 is 0.986 bits per heavy atom. The number of nitrogens with zero attached hydrogens (tertiary/aromatic N) is 2. The molecule has 8 aromatic carbocycles. The fourth-order valence-corrected chi connectivity index (χ4v) is 15.2. The van der Waals surface area contributed by atoms with Crippen LogP contribution in [0.1, 0.15) is 127 Å². The van der Waals surface area contributed by atoms with Crippen LogP contribution < -0.4 is 9.80 Å². The Labute approximate surface area is 425 Å². The largest absolute Gasteiger partial charge is 0.310 e. The number of benzene rings is 8. The smallest absolute Gasteiger partial charge is 0.125 e. The molecule has 4 heteroatoms. The van der Waals surface area contributed by atoms with Crippen molar-refractivity contribution in [3.63, 3.8) is 0 Å². The van der Waals surface area contributed by atoms with Gasteiger partial charge in [-0.3, -0.25) is 0 Å². The zero-order valence-electron chi connectivity index (χ0n) is 43.2. The summed E-state index contributed by atoms with van der Waals surface area (Å²) in [5, 5.41) is 2.44. The summed E-state index contributed by atoms with van der Waals surface area (Å²) in [5.41, 5.74) is 19.0. The summed E-state index contributed by atoms with van der Waals surface area (Å²) >= 11 is 0. The molecule has 4 fully saturated rings. The monoisotopic (exact) mass is 949 g/mol. The van der Waals surface area contributed by atoms with Crippen LogP contribution in [0.5, 0.6) is 0 Å². The van der Waals surface area contributed by atoms with E-state index in [0.29, 0.717) is 11.8 Å². The van der Waals surface area contributed by atoms with Crippen LogP contribution in [0.25, 0.3) is 33.0 Å². The van der Waals surface area contributed by atoms with E-state index in [1.54, 1.807) is 23.8 Å². The summed E-state index contributed by atoms with van der Waals surface area (Å²) in [6.45, 7) is 18.5. The van der Waals surface area contributed by atoms with E-state index in [9.17, 15) is 0 Å². The maximum atomic E-state index is 15.6. The van der Waals surface area contributed by atoms with E-state index in [1.807, 2.05) is 18.2 Å². The molecule has 0 heterocycles. The van der Waals surface area contributed by atoms with E-state index in [2.05, 4.69) is 180 Å². The van der Waals surface area contributed by atoms with E-state index in [-0.39, 0.29) is 33.3 Å². The minimum absolute atomic E-state index is 0.00601. The van der Waals surface area contributed by atoms with Gasteiger partial charge in [0.1, 0.15) is 11.6 Å². The third kappa shape index (κ3) is 6.76. The van der Waals surface area contributed by atoms with E-state index >= 15 is 8.78 Å². The first-order chi connectivity index (χ1) is 34.5. The molecule has 1 spiro atoms. The normalized spacial score (nSPS) is 22.1. The van der Waals surface area contributed by atoms with Gasteiger partial charge < -0.3 is 9.80 Å². The lowest BCUT2D eigenvalue weighted by Gasteiger charge is -2.54. The van der Waals surface area contributed by atoms with Crippen LogP contribution in [-0.2, 0) is 21.7 Å². The van der Waals surface area contributed by atoms with Gasteiger partial charge in [0.05, 0.1) is 5.69 Å². The first kappa shape index (κ1) is 45.4. The molecule has 4 saturated carbocycles. The zero-order valence-corrected chi connectivity index (χ0v) is 43.2. The van der Waals surface area contributed by atoms with Crippen molar-refractivity contribution in [1.29, 1.82) is 0 Å². The Kier molecular flexibility index (Phi) is 10.1. The highest BCUT2D eigenvalue weighted by Crippen LogP contribution is 2.72. The predicted molar refractivity (Wildman–Crippen MR) is 296 cm³/mol. The van der Waals surface area contributed by atoms with Crippen LogP contribution in [0.2, 0.25) is 0 Å². The van der Waals surface area contributed by atoms with Crippen LogP contribution in [0.4, 0.5) is 42.9 Å². The molecule has 0 radical (unpaired) electrons. The number of fused-ring (bicyclic) bond motifs is 10. The molecular formula is C68H66F2N2. The second-order valence-electron chi connectivity index (χ2n) is 24.9. The van der Waals surface area contributed by atoms with Gasteiger partial charge in [0, 0.05) is 44.7 Å². The first-order valence-electron chi connectivity index (χ1n) is 26.7. The molecule has 0 N–H and O–H groups in total. The summed E-state index contributed by atoms with van der Waals surface area (Å²) < 4.78 is 30.8. The Bertz CT molecular complexity index is 3470. The summed E-state index contributed by atoms with van der Waals surface area (Å²) in [4.78, 5) is 4.57. The molecule has 5 atom stereocenters. The lowest BCUT2D eigenvalue weighted by atomic mass is 9.49. The number of rotatable bonds is 6. The van der Waals surface area contributed by atoms with E-state index in [4.69, 9.17) is 0 Å². The first-order valence-corrected chi connectivity index (χ1v) is 26.7. The fourth-order valence-electron chi connectivity index (χ4n) is 15.2. The summed E-state index contributed by atoms with van der Waals surface area (Å²) in [5.74, 6) is 2.03. The molecule has 8 aromatic rings.